The average Bonchev–Trinajstić information content (AvgIpc) is 0.722. The quantitative estimate of drug-likeness (QED) is 0.397. The van der Waals surface area contributed by atoms with Crippen LogP contribution in [0.1, 0.15) is 0 Å². The second kappa shape index (κ2) is 1.44. The van der Waals surface area contributed by atoms with Crippen molar-refractivity contribution in [1.29, 1.82) is 0 Å². The zero-order valence-corrected chi connectivity index (χ0v) is 5.32. The van der Waals surface area contributed by atoms with Gasteiger partial charge in [-0.3, -0.25) is 0 Å². The molecule has 1 unspecified atom stereocenters. The molecule has 2 nitrogen and oxygen atoms in total. The van der Waals surface area contributed by atoms with Crippen LogP contribution in [0.2, 0.25) is 0 Å². The molecule has 1 N–H and O–H groups in total. The van der Waals surface area contributed by atoms with Crippen LogP contribution >= 0.6 is 6.06 Å². The van der Waals surface area contributed by atoms with Crippen molar-refractivity contribution < 1.29 is 9.46 Å². The molecule has 5 heavy (non-hydrogen) atoms. The molecule has 0 aliphatic heterocycles. The summed E-state index contributed by atoms with van der Waals surface area (Å²) in [5.74, 6) is 0. The van der Waals surface area contributed by atoms with Crippen molar-refractivity contribution >= 4 is 21.6 Å². The second-order valence-corrected chi connectivity index (χ2v) is 6.67. The molecule has 0 aromatic rings. The molecule has 0 aromatic heterocycles. The van der Waals surface area contributed by atoms with Gasteiger partial charge in [-0.15, -0.1) is 0 Å². The molecule has 0 fully saturated rings. The van der Waals surface area contributed by atoms with Gasteiger partial charge in [-0.05, 0) is 0 Å². The van der Waals surface area contributed by atoms with E-state index in [1.165, 1.54) is 6.66 Å². The first-order valence-corrected chi connectivity index (χ1v) is 5.34. The fraction of sp³-hybridized carbons (Fsp3) is 1.00. The minimum absolute atomic E-state index is 1.24. The summed E-state index contributed by atoms with van der Waals surface area (Å²) in [6, 6.07) is -2.76. The monoisotopic (exact) mass is 159 g/mol. The van der Waals surface area contributed by atoms with Crippen LogP contribution in [0.3, 0.4) is 0 Å². The van der Waals surface area contributed by atoms with E-state index >= 15 is 0 Å². The van der Waals surface area contributed by atoms with Crippen molar-refractivity contribution in [1.82, 2.24) is 0 Å². The van der Waals surface area contributed by atoms with Gasteiger partial charge in [0.05, 0.1) is 0 Å². The van der Waals surface area contributed by atoms with Crippen LogP contribution in [0.15, 0.2) is 0 Å². The molecule has 0 bridgehead atoms. The molecule has 0 aliphatic rings. The molecule has 0 amide bonds. The topological polar surface area (TPSA) is 37.3 Å². The molecule has 1 atom stereocenters. The van der Waals surface area contributed by atoms with Gasteiger partial charge >= 0.3 is 37.8 Å². The van der Waals surface area contributed by atoms with E-state index in [1.54, 1.807) is 0 Å². The molecule has 32 valence electrons. The third-order valence-electron chi connectivity index (χ3n) is 0. The third-order valence-corrected chi connectivity index (χ3v) is 0. The van der Waals surface area contributed by atoms with Crippen molar-refractivity contribution in [2.24, 2.45) is 0 Å². The predicted molar refractivity (Wildman–Crippen MR) is 21.5 cm³/mol. The van der Waals surface area contributed by atoms with Gasteiger partial charge in [0.2, 0.25) is 0 Å². The summed E-state index contributed by atoms with van der Waals surface area (Å²) >= 11 is 2.09. The number of hydrogen-bond acceptors (Lipinski definition) is 1. The van der Waals surface area contributed by atoms with Crippen molar-refractivity contribution in [3.05, 3.63) is 0 Å². The van der Waals surface area contributed by atoms with Crippen molar-refractivity contribution in [3.63, 3.8) is 0 Å². The summed E-state index contributed by atoms with van der Waals surface area (Å²) in [4.78, 5) is 8.02. The summed E-state index contributed by atoms with van der Waals surface area (Å²) < 4.78 is 9.72. The van der Waals surface area contributed by atoms with Crippen LogP contribution in [0.5, 0.6) is 0 Å². The average molecular weight is 158 g/mol. The molecular formula is CH4O2PSe-. The molecule has 0 radical (unpaired) electrons. The zero-order valence-electron chi connectivity index (χ0n) is 2.71. The Kier molecular flexibility index (Phi) is 1.64. The van der Waals surface area contributed by atoms with E-state index in [2.05, 4.69) is 15.6 Å². The standard InChI is InChI=1S/CH5O2PSe/c1-4(2,3)5/h1H3,(H2,2,3,5)/p-1. The zero-order chi connectivity index (χ0) is 4.50. The Labute approximate surface area is 38.5 Å². The SMILES string of the molecule is CP(=O)(O)[Se-]. The molecule has 0 saturated heterocycles. The van der Waals surface area contributed by atoms with Gasteiger partial charge in [0.15, 0.2) is 0 Å². The van der Waals surface area contributed by atoms with Gasteiger partial charge in [0.1, 0.15) is 0 Å². The van der Waals surface area contributed by atoms with Crippen LogP contribution in [-0.4, -0.2) is 27.1 Å². The van der Waals surface area contributed by atoms with E-state index < -0.39 is 6.06 Å². The molecule has 0 saturated carbocycles. The Morgan fingerprint density at radius 3 is 2.00 bits per heavy atom. The van der Waals surface area contributed by atoms with Gasteiger partial charge in [0.25, 0.3) is 0 Å². The van der Waals surface area contributed by atoms with Crippen LogP contribution in [-0.2, 0) is 4.57 Å². The van der Waals surface area contributed by atoms with Gasteiger partial charge < -0.3 is 0 Å². The third kappa shape index (κ3) is 68.7. The Balaban J connectivity index is 3.47. The van der Waals surface area contributed by atoms with Crippen molar-refractivity contribution in [2.45, 2.75) is 0 Å². The van der Waals surface area contributed by atoms with Gasteiger partial charge in [0, 0.05) is 0 Å². The maximum absolute atomic E-state index is 9.72. The van der Waals surface area contributed by atoms with E-state index in [9.17, 15) is 4.57 Å². The van der Waals surface area contributed by atoms with Crippen molar-refractivity contribution in [3.8, 4) is 0 Å². The van der Waals surface area contributed by atoms with Crippen molar-refractivity contribution in [2.75, 3.05) is 6.66 Å². The summed E-state index contributed by atoms with van der Waals surface area (Å²) in [6.45, 7) is 1.24. The minimum atomic E-state index is -2.76. The summed E-state index contributed by atoms with van der Waals surface area (Å²) in [5.41, 5.74) is 0. The normalized spacial score (nSPS) is 21.4. The first-order chi connectivity index (χ1) is 2.00. The second-order valence-electron chi connectivity index (χ2n) is 0.803. The van der Waals surface area contributed by atoms with E-state index in [1.807, 2.05) is 0 Å². The predicted octanol–water partition coefficient (Wildman–Crippen LogP) is -0.0299. The van der Waals surface area contributed by atoms with E-state index in [4.69, 9.17) is 4.89 Å². The molecule has 0 rings (SSSR count). The number of rotatable bonds is 0. The van der Waals surface area contributed by atoms with E-state index in [0.29, 0.717) is 0 Å². The van der Waals surface area contributed by atoms with Crippen LogP contribution in [0, 0.1) is 0 Å². The molecule has 0 spiro atoms. The van der Waals surface area contributed by atoms with Gasteiger partial charge in [-0.25, -0.2) is 0 Å². The van der Waals surface area contributed by atoms with Gasteiger partial charge in [-0.2, -0.15) is 0 Å². The number of hydrogen-bond donors (Lipinski definition) is 1. The summed E-state index contributed by atoms with van der Waals surface area (Å²) in [7, 11) is 0. The Morgan fingerprint density at radius 1 is 2.00 bits per heavy atom. The summed E-state index contributed by atoms with van der Waals surface area (Å²) in [5, 5.41) is 0. The molecule has 4 heteroatoms. The first-order valence-electron chi connectivity index (χ1n) is 1.01. The Morgan fingerprint density at radius 2 is 2.00 bits per heavy atom. The summed E-state index contributed by atoms with van der Waals surface area (Å²) in [6.07, 6.45) is 0. The fourth-order valence-electron chi connectivity index (χ4n) is 0. The Hall–Kier alpha value is 0.709. The van der Waals surface area contributed by atoms with E-state index in [-0.39, 0.29) is 0 Å². The first kappa shape index (κ1) is 5.71. The molecule has 0 aromatic carbocycles. The van der Waals surface area contributed by atoms with Crippen LogP contribution in [0.4, 0.5) is 0 Å². The van der Waals surface area contributed by atoms with Crippen LogP contribution in [0.25, 0.3) is 0 Å². The van der Waals surface area contributed by atoms with E-state index in [0.717, 1.165) is 0 Å². The van der Waals surface area contributed by atoms with Gasteiger partial charge in [-0.1, -0.05) is 0 Å². The Bertz CT molecular complexity index is 55.8. The van der Waals surface area contributed by atoms with Crippen LogP contribution < -0.4 is 0 Å². The fourth-order valence-corrected chi connectivity index (χ4v) is 0. The molecule has 0 aliphatic carbocycles. The maximum atomic E-state index is 9.72. The molecule has 0 heterocycles. The molecular weight excluding hydrogens is 154 g/mol.